The van der Waals surface area contributed by atoms with Crippen LogP contribution in [0.5, 0.6) is 0 Å². The number of nitriles is 1. The summed E-state index contributed by atoms with van der Waals surface area (Å²) in [6, 6.07) is 8.33. The van der Waals surface area contributed by atoms with Crippen molar-refractivity contribution >= 4 is 58.0 Å². The van der Waals surface area contributed by atoms with Crippen LogP contribution in [-0.2, 0) is 25.4 Å². The summed E-state index contributed by atoms with van der Waals surface area (Å²) in [5.74, 6) is -1.58. The molecule has 1 aliphatic carbocycles. The van der Waals surface area contributed by atoms with Crippen LogP contribution >= 0.6 is 12.2 Å². The molecule has 0 bridgehead atoms. The Balaban J connectivity index is 0.951. The number of carbonyl (C=O) groups is 4. The van der Waals surface area contributed by atoms with E-state index in [1.54, 1.807) is 26.0 Å². The van der Waals surface area contributed by atoms with Crippen molar-refractivity contribution in [2.75, 3.05) is 41.7 Å². The average molecular weight is 827 g/mol. The third-order valence-corrected chi connectivity index (χ3v) is 12.3. The summed E-state index contributed by atoms with van der Waals surface area (Å²) in [6.07, 6.45) is 1.24. The summed E-state index contributed by atoms with van der Waals surface area (Å²) in [5.41, 5.74) is -2.07. The van der Waals surface area contributed by atoms with Gasteiger partial charge in [0, 0.05) is 49.0 Å². The number of piperazine rings is 1. The van der Waals surface area contributed by atoms with Crippen LogP contribution in [0.2, 0.25) is 0 Å². The number of nitrogens with one attached hydrogen (secondary N) is 3. The van der Waals surface area contributed by atoms with Crippen LogP contribution in [0.4, 0.5) is 34.6 Å². The maximum atomic E-state index is 14.5. The van der Waals surface area contributed by atoms with Gasteiger partial charge in [-0.25, -0.2) is 4.39 Å². The quantitative estimate of drug-likeness (QED) is 0.140. The van der Waals surface area contributed by atoms with Gasteiger partial charge in [0.2, 0.25) is 17.7 Å². The number of benzene rings is 2. The van der Waals surface area contributed by atoms with Crippen molar-refractivity contribution in [1.82, 2.24) is 20.0 Å². The number of alkyl halides is 3. The topological polar surface area (TPSA) is 141 Å². The van der Waals surface area contributed by atoms with Crippen molar-refractivity contribution in [3.05, 3.63) is 53.3 Å². The number of halogens is 4. The molecule has 3 saturated heterocycles. The first-order valence-electron chi connectivity index (χ1n) is 19.8. The average Bonchev–Trinajstić information content (AvgIpc) is 3.32. The molecular weight excluding hydrogens is 777 g/mol. The summed E-state index contributed by atoms with van der Waals surface area (Å²) in [7, 11) is 0. The van der Waals surface area contributed by atoms with E-state index in [0.717, 1.165) is 70.3 Å². The maximum Gasteiger partial charge on any atom is 0.417 e. The number of carbonyl (C=O) groups excluding carboxylic acids is 4. The molecule has 12 nitrogen and oxygen atoms in total. The zero-order chi connectivity index (χ0) is 42.1. The van der Waals surface area contributed by atoms with Gasteiger partial charge >= 0.3 is 6.18 Å². The number of piperidine rings is 1. The number of hydrogen-bond acceptors (Lipinski definition) is 9. The second-order valence-electron chi connectivity index (χ2n) is 16.6. The molecule has 0 spiro atoms. The fourth-order valence-electron chi connectivity index (χ4n) is 9.05. The molecule has 3 N–H and O–H groups in total. The third kappa shape index (κ3) is 9.45. The number of anilines is 3. The molecule has 0 aromatic heterocycles. The second-order valence-corrected chi connectivity index (χ2v) is 16.9. The molecule has 1 saturated carbocycles. The highest BCUT2D eigenvalue weighted by Crippen LogP contribution is 2.41. The van der Waals surface area contributed by atoms with E-state index in [0.29, 0.717) is 11.6 Å². The van der Waals surface area contributed by atoms with Crippen LogP contribution in [0.3, 0.4) is 0 Å². The first kappa shape index (κ1) is 42.9. The summed E-state index contributed by atoms with van der Waals surface area (Å²) in [5, 5.41) is 17.4. The Kier molecular flexibility index (Phi) is 12.8. The fraction of sp³-hybridized carbons (Fsp3) is 0.561. The van der Waals surface area contributed by atoms with Crippen molar-refractivity contribution < 1.29 is 36.7 Å². The zero-order valence-electron chi connectivity index (χ0n) is 33.1. The number of imide groups is 1. The third-order valence-electron chi connectivity index (χ3n) is 11.9. The Labute approximate surface area is 341 Å². The van der Waals surface area contributed by atoms with Crippen LogP contribution in [-0.4, -0.2) is 99.3 Å². The van der Waals surface area contributed by atoms with Crippen molar-refractivity contribution in [2.24, 2.45) is 5.92 Å². The summed E-state index contributed by atoms with van der Waals surface area (Å²) in [4.78, 5) is 58.0. The predicted molar refractivity (Wildman–Crippen MR) is 214 cm³/mol. The summed E-state index contributed by atoms with van der Waals surface area (Å²) >= 11 is 5.76. The monoisotopic (exact) mass is 826 g/mol. The molecular formula is C41H50F4N8O4S. The number of hydrogen-bond donors (Lipinski definition) is 3. The van der Waals surface area contributed by atoms with E-state index in [9.17, 15) is 42.0 Å². The molecule has 4 aliphatic rings. The first-order valence-corrected chi connectivity index (χ1v) is 20.2. The van der Waals surface area contributed by atoms with Gasteiger partial charge in [-0.2, -0.15) is 18.4 Å². The molecule has 0 radical (unpaired) electrons. The largest absolute Gasteiger partial charge is 0.417 e. The predicted octanol–water partition coefficient (Wildman–Crippen LogP) is 6.02. The number of thiocarbonyl (C=S) groups is 1. The van der Waals surface area contributed by atoms with Crippen molar-refractivity contribution in [3.63, 3.8) is 0 Å². The standard InChI is InChI=1S/C41H50F4N8O4S/c1-24-21-50(22-25(2)51(24)23-36(55)48-30-17-28(42)16-29(18-30)47-34-13-14-35(54)49-37(34)56)15-5-6-26-7-10-31(11-8-26)53-39(58)52(38(57)40(53,3)4)32-12-9-27(20-46)33(19-32)41(43,44)45/h9,12,16-19,24-26,31,34,47H,5-8,10-11,13-15,21-23H2,1-4H3,(H,48,55)(H,49,54,56)/t24-,25+,26?,31?,34?. The van der Waals surface area contributed by atoms with Gasteiger partial charge in [0.15, 0.2) is 5.11 Å². The van der Waals surface area contributed by atoms with E-state index in [-0.39, 0.29) is 65.8 Å². The van der Waals surface area contributed by atoms with Gasteiger partial charge in [-0.05, 0) is 134 Å². The lowest BCUT2D eigenvalue weighted by atomic mass is 9.82. The summed E-state index contributed by atoms with van der Waals surface area (Å²) < 4.78 is 55.7. The van der Waals surface area contributed by atoms with Crippen LogP contribution in [0.25, 0.3) is 0 Å². The van der Waals surface area contributed by atoms with E-state index in [1.165, 1.54) is 23.1 Å². The van der Waals surface area contributed by atoms with E-state index in [4.69, 9.17) is 12.2 Å². The summed E-state index contributed by atoms with van der Waals surface area (Å²) in [6.45, 7) is 10.3. The van der Waals surface area contributed by atoms with Gasteiger partial charge in [-0.3, -0.25) is 34.3 Å². The molecule has 3 atom stereocenters. The normalized spacial score (nSPS) is 25.7. The minimum atomic E-state index is -4.76. The van der Waals surface area contributed by atoms with Gasteiger partial charge in [-0.15, -0.1) is 0 Å². The SMILES string of the molecule is C[C@@H]1CN(CCCC2CCC(N3C(=S)N(c4ccc(C#N)c(C(F)(F)F)c4)C(=O)C3(C)C)CC2)C[C@H](C)N1CC(=O)Nc1cc(F)cc(NC2CCC(=O)NC2=O)c1. The molecule has 3 heterocycles. The van der Waals surface area contributed by atoms with Gasteiger partial charge in [0.1, 0.15) is 17.4 Å². The number of nitrogens with zero attached hydrogens (tertiary/aromatic N) is 5. The van der Waals surface area contributed by atoms with Gasteiger partial charge in [-0.1, -0.05) is 0 Å². The lowest BCUT2D eigenvalue weighted by Crippen LogP contribution is -2.58. The molecule has 17 heteroatoms. The number of amides is 4. The minimum Gasteiger partial charge on any atom is -0.374 e. The van der Waals surface area contributed by atoms with Crippen LogP contribution < -0.4 is 20.9 Å². The fourth-order valence-corrected chi connectivity index (χ4v) is 9.62. The molecule has 2 aromatic rings. The molecule has 312 valence electrons. The lowest BCUT2D eigenvalue weighted by molar-refractivity contribution is -0.138. The first-order chi connectivity index (χ1) is 27.3. The van der Waals surface area contributed by atoms with Crippen molar-refractivity contribution in [1.29, 1.82) is 5.26 Å². The Bertz CT molecular complexity index is 1970. The molecule has 6 rings (SSSR count). The van der Waals surface area contributed by atoms with Crippen LogP contribution in [0, 0.1) is 23.1 Å². The minimum absolute atomic E-state index is 0.00105. The Morgan fingerprint density at radius 1 is 1.00 bits per heavy atom. The van der Waals surface area contributed by atoms with E-state index in [1.807, 2.05) is 4.90 Å². The molecule has 1 unspecified atom stereocenters. The van der Waals surface area contributed by atoms with Gasteiger partial charge < -0.3 is 20.4 Å². The van der Waals surface area contributed by atoms with Crippen molar-refractivity contribution in [2.45, 2.75) is 115 Å². The lowest BCUT2D eigenvalue weighted by Gasteiger charge is -2.44. The van der Waals surface area contributed by atoms with Gasteiger partial charge in [0.05, 0.1) is 29.4 Å². The highest BCUT2D eigenvalue weighted by Gasteiger charge is 2.52. The molecule has 58 heavy (non-hydrogen) atoms. The molecule has 4 amide bonds. The van der Waals surface area contributed by atoms with Crippen molar-refractivity contribution in [3.8, 4) is 6.07 Å². The van der Waals surface area contributed by atoms with E-state index >= 15 is 0 Å². The zero-order valence-corrected chi connectivity index (χ0v) is 33.9. The van der Waals surface area contributed by atoms with E-state index < -0.39 is 46.5 Å². The number of rotatable bonds is 11. The van der Waals surface area contributed by atoms with Crippen LogP contribution in [0.15, 0.2) is 36.4 Å². The molecule has 3 aliphatic heterocycles. The maximum absolute atomic E-state index is 14.5. The Morgan fingerprint density at radius 2 is 1.67 bits per heavy atom. The Hall–Kier alpha value is -4.66. The highest BCUT2D eigenvalue weighted by molar-refractivity contribution is 7.80. The van der Waals surface area contributed by atoms with E-state index in [2.05, 4.69) is 39.6 Å². The molecule has 4 fully saturated rings. The Morgan fingerprint density at radius 3 is 2.31 bits per heavy atom. The van der Waals surface area contributed by atoms with Crippen LogP contribution in [0.1, 0.15) is 90.2 Å². The second kappa shape index (κ2) is 17.3. The highest BCUT2D eigenvalue weighted by atomic mass is 32.1. The molecule has 2 aromatic carbocycles. The van der Waals surface area contributed by atoms with Gasteiger partial charge in [0.25, 0.3) is 5.91 Å². The smallest absolute Gasteiger partial charge is 0.374 e.